The molecule has 2 aliphatic heterocycles. The van der Waals surface area contributed by atoms with Gasteiger partial charge in [-0.15, -0.1) is 0 Å². The van der Waals surface area contributed by atoms with Crippen LogP contribution < -0.4 is 10.2 Å². The number of aromatic nitrogens is 2. The average Bonchev–Trinajstić information content (AvgIpc) is 3.15. The maximum Gasteiger partial charge on any atom is 0.328 e. The molecule has 1 N–H and O–H groups in total. The highest BCUT2D eigenvalue weighted by Gasteiger charge is 2.31. The van der Waals surface area contributed by atoms with E-state index in [0.29, 0.717) is 25.0 Å². The van der Waals surface area contributed by atoms with Crippen LogP contribution in [-0.4, -0.2) is 65.8 Å². The molecule has 1 saturated carbocycles. The summed E-state index contributed by atoms with van der Waals surface area (Å²) >= 11 is 0. The van der Waals surface area contributed by atoms with Gasteiger partial charge in [-0.3, -0.25) is 15.0 Å². The lowest BCUT2D eigenvalue weighted by molar-refractivity contribution is -0.120. The third-order valence-corrected chi connectivity index (χ3v) is 7.18. The Balaban J connectivity index is 1.20. The molecular weight excluding hydrogens is 394 g/mol. The highest BCUT2D eigenvalue weighted by Crippen LogP contribution is 2.32. The summed E-state index contributed by atoms with van der Waals surface area (Å²) in [5.41, 5.74) is 2.96. The number of carbonyl (C=O) groups is 2. The van der Waals surface area contributed by atoms with Gasteiger partial charge in [0, 0.05) is 32.8 Å². The van der Waals surface area contributed by atoms with Crippen molar-refractivity contribution in [2.45, 2.75) is 44.6 Å². The van der Waals surface area contributed by atoms with Crippen LogP contribution in [0.4, 0.5) is 10.5 Å². The SMILES string of the molecule is CO[C@H]1C[C@@H](CN2CCC(Cc3ccn4ncc(N5CCC(=O)NC5=O)c4c3)CC2)C1. The molecule has 3 aliphatic rings. The summed E-state index contributed by atoms with van der Waals surface area (Å²) in [5, 5.41) is 6.79. The van der Waals surface area contributed by atoms with Gasteiger partial charge in [0.1, 0.15) is 0 Å². The molecule has 8 heteroatoms. The molecule has 0 radical (unpaired) electrons. The quantitative estimate of drug-likeness (QED) is 0.769. The number of hydrogen-bond donors (Lipinski definition) is 1. The van der Waals surface area contributed by atoms with Crippen molar-refractivity contribution in [1.29, 1.82) is 0 Å². The fraction of sp³-hybridized carbons (Fsp3) is 0.609. The molecule has 166 valence electrons. The Labute approximate surface area is 182 Å². The molecule has 31 heavy (non-hydrogen) atoms. The Morgan fingerprint density at radius 3 is 2.71 bits per heavy atom. The zero-order valence-electron chi connectivity index (χ0n) is 18.1. The molecule has 3 fully saturated rings. The van der Waals surface area contributed by atoms with E-state index in [1.165, 1.54) is 50.9 Å². The monoisotopic (exact) mass is 425 g/mol. The number of rotatable bonds is 6. The normalized spacial score (nSPS) is 25.6. The van der Waals surface area contributed by atoms with Gasteiger partial charge < -0.3 is 9.64 Å². The summed E-state index contributed by atoms with van der Waals surface area (Å²) in [5.74, 6) is 1.28. The zero-order chi connectivity index (χ0) is 21.4. The number of piperidine rings is 1. The van der Waals surface area contributed by atoms with Crippen LogP contribution in [0.3, 0.4) is 0 Å². The Kier molecular flexibility index (Phi) is 5.67. The highest BCUT2D eigenvalue weighted by atomic mass is 16.5. The van der Waals surface area contributed by atoms with Gasteiger partial charge in [0.05, 0.1) is 23.5 Å². The fourth-order valence-electron chi connectivity index (χ4n) is 5.23. The number of methoxy groups -OCH3 is 1. The van der Waals surface area contributed by atoms with Crippen LogP contribution in [-0.2, 0) is 16.0 Å². The van der Waals surface area contributed by atoms with Crippen LogP contribution >= 0.6 is 0 Å². The molecule has 3 amide bonds. The van der Waals surface area contributed by atoms with Crippen LogP contribution in [0.5, 0.6) is 0 Å². The number of carbonyl (C=O) groups excluding carboxylic acids is 2. The van der Waals surface area contributed by atoms with Crippen molar-refractivity contribution >= 4 is 23.1 Å². The van der Waals surface area contributed by atoms with Crippen LogP contribution in [0.25, 0.3) is 5.52 Å². The molecule has 0 spiro atoms. The third-order valence-electron chi connectivity index (χ3n) is 7.18. The van der Waals surface area contributed by atoms with Gasteiger partial charge in [-0.2, -0.15) is 5.10 Å². The van der Waals surface area contributed by atoms with E-state index in [2.05, 4.69) is 27.4 Å². The maximum absolute atomic E-state index is 12.3. The number of amides is 3. The van der Waals surface area contributed by atoms with Gasteiger partial charge in [-0.25, -0.2) is 9.31 Å². The topological polar surface area (TPSA) is 79.2 Å². The van der Waals surface area contributed by atoms with Crippen molar-refractivity contribution < 1.29 is 14.3 Å². The van der Waals surface area contributed by atoms with Crippen molar-refractivity contribution in [3.8, 4) is 0 Å². The molecule has 2 aromatic rings. The number of nitrogens with one attached hydrogen (secondary N) is 1. The molecule has 4 heterocycles. The minimum absolute atomic E-state index is 0.222. The summed E-state index contributed by atoms with van der Waals surface area (Å²) in [4.78, 5) is 28.0. The third kappa shape index (κ3) is 4.32. The largest absolute Gasteiger partial charge is 0.381 e. The molecule has 0 unspecified atom stereocenters. The summed E-state index contributed by atoms with van der Waals surface area (Å²) in [7, 11) is 1.82. The van der Waals surface area contributed by atoms with Gasteiger partial charge in [-0.1, -0.05) is 0 Å². The maximum atomic E-state index is 12.3. The van der Waals surface area contributed by atoms with E-state index in [9.17, 15) is 9.59 Å². The standard InChI is InChI=1S/C23H31N5O3/c1-31-19-11-18(12-19)15-26-6-2-16(3-7-26)10-17-4-9-28-20(13-17)21(14-24-28)27-8-5-22(29)25-23(27)30/h4,9,13-14,16,18-19H,2-3,5-8,10-12,15H2,1H3,(H,25,29,30)/t18-,19+. The molecule has 0 aromatic carbocycles. The van der Waals surface area contributed by atoms with Crippen molar-refractivity contribution in [1.82, 2.24) is 19.8 Å². The van der Waals surface area contributed by atoms with Crippen molar-refractivity contribution in [3.63, 3.8) is 0 Å². The minimum Gasteiger partial charge on any atom is -0.381 e. The number of hydrogen-bond acceptors (Lipinski definition) is 5. The fourth-order valence-corrected chi connectivity index (χ4v) is 5.23. The number of nitrogens with zero attached hydrogens (tertiary/aromatic N) is 4. The summed E-state index contributed by atoms with van der Waals surface area (Å²) in [6.07, 6.45) is 10.4. The second kappa shape index (κ2) is 8.59. The Morgan fingerprint density at radius 1 is 1.16 bits per heavy atom. The van der Waals surface area contributed by atoms with Gasteiger partial charge in [0.25, 0.3) is 0 Å². The average molecular weight is 426 g/mol. The minimum atomic E-state index is -0.368. The summed E-state index contributed by atoms with van der Waals surface area (Å²) in [6.45, 7) is 3.97. The summed E-state index contributed by atoms with van der Waals surface area (Å²) < 4.78 is 7.21. The van der Waals surface area contributed by atoms with Crippen LogP contribution in [0.1, 0.15) is 37.7 Å². The number of imide groups is 1. The molecule has 2 aromatic heterocycles. The summed E-state index contributed by atoms with van der Waals surface area (Å²) in [6, 6.07) is 3.92. The predicted molar refractivity (Wildman–Crippen MR) is 117 cm³/mol. The first-order valence-corrected chi connectivity index (χ1v) is 11.4. The number of urea groups is 1. The molecule has 5 rings (SSSR count). The zero-order valence-corrected chi connectivity index (χ0v) is 18.1. The Hall–Kier alpha value is -2.45. The van der Waals surface area contributed by atoms with Gasteiger partial charge in [-0.05, 0) is 74.7 Å². The van der Waals surface area contributed by atoms with Crippen LogP contribution in [0, 0.1) is 11.8 Å². The van der Waals surface area contributed by atoms with E-state index in [-0.39, 0.29) is 11.9 Å². The Bertz CT molecular complexity index is 959. The number of fused-ring (bicyclic) bond motifs is 1. The lowest BCUT2D eigenvalue weighted by Gasteiger charge is -2.40. The second-order valence-corrected chi connectivity index (χ2v) is 9.29. The first kappa shape index (κ1) is 20.5. The number of likely N-dealkylation sites (tertiary alicyclic amines) is 1. The van der Waals surface area contributed by atoms with Gasteiger partial charge in [0.2, 0.25) is 5.91 Å². The van der Waals surface area contributed by atoms with E-state index in [1.54, 1.807) is 15.6 Å². The van der Waals surface area contributed by atoms with Crippen LogP contribution in [0.2, 0.25) is 0 Å². The van der Waals surface area contributed by atoms with E-state index >= 15 is 0 Å². The van der Waals surface area contributed by atoms with Crippen molar-refractivity contribution in [2.24, 2.45) is 11.8 Å². The second-order valence-electron chi connectivity index (χ2n) is 9.29. The first-order chi connectivity index (χ1) is 15.1. The number of pyridine rings is 1. The van der Waals surface area contributed by atoms with Crippen molar-refractivity contribution in [3.05, 3.63) is 30.1 Å². The molecule has 0 bridgehead atoms. The van der Waals surface area contributed by atoms with Crippen LogP contribution in [0.15, 0.2) is 24.5 Å². The molecular formula is C23H31N5O3. The van der Waals surface area contributed by atoms with Crippen molar-refractivity contribution in [2.75, 3.05) is 38.2 Å². The first-order valence-electron chi connectivity index (χ1n) is 11.4. The molecule has 2 saturated heterocycles. The lowest BCUT2D eigenvalue weighted by atomic mass is 9.81. The number of anilines is 1. The van der Waals surface area contributed by atoms with E-state index < -0.39 is 0 Å². The highest BCUT2D eigenvalue weighted by molar-refractivity contribution is 6.07. The Morgan fingerprint density at radius 2 is 1.97 bits per heavy atom. The molecule has 8 nitrogen and oxygen atoms in total. The lowest BCUT2D eigenvalue weighted by Crippen LogP contribution is -2.49. The smallest absolute Gasteiger partial charge is 0.328 e. The molecule has 0 atom stereocenters. The predicted octanol–water partition coefficient (Wildman–Crippen LogP) is 2.46. The van der Waals surface area contributed by atoms with Gasteiger partial charge in [0.15, 0.2) is 0 Å². The van der Waals surface area contributed by atoms with E-state index in [4.69, 9.17) is 4.74 Å². The van der Waals surface area contributed by atoms with Gasteiger partial charge >= 0.3 is 6.03 Å². The van der Waals surface area contributed by atoms with E-state index in [1.807, 2.05) is 13.3 Å². The molecule has 1 aliphatic carbocycles. The van der Waals surface area contributed by atoms with E-state index in [0.717, 1.165) is 23.5 Å². The number of ether oxygens (including phenoxy) is 1.